The zero-order valence-electron chi connectivity index (χ0n) is 19.0. The number of furan rings is 1. The molecule has 3 heterocycles. The van der Waals surface area contributed by atoms with Crippen molar-refractivity contribution in [3.8, 4) is 11.7 Å². The Morgan fingerprint density at radius 3 is 2.63 bits per heavy atom. The summed E-state index contributed by atoms with van der Waals surface area (Å²) < 4.78 is 16.8. The van der Waals surface area contributed by atoms with E-state index in [2.05, 4.69) is 9.88 Å². The van der Waals surface area contributed by atoms with Crippen LogP contribution in [-0.4, -0.2) is 55.3 Å². The molecule has 0 bridgehead atoms. The Labute approximate surface area is 201 Å². The predicted molar refractivity (Wildman–Crippen MR) is 130 cm³/mol. The molecule has 5 rings (SSSR count). The lowest BCUT2D eigenvalue weighted by Crippen LogP contribution is -2.45. The normalized spacial score (nSPS) is 13.1. The lowest BCUT2D eigenvalue weighted by Gasteiger charge is -2.37. The number of nitrogens with zero attached hydrogens (tertiary/aromatic N) is 3. The van der Waals surface area contributed by atoms with Gasteiger partial charge < -0.3 is 28.8 Å². The molecular weight excluding hydrogens is 450 g/mol. The van der Waals surface area contributed by atoms with Crippen LogP contribution >= 0.6 is 0 Å². The summed E-state index contributed by atoms with van der Waals surface area (Å²) in [5, 5.41) is 10.2. The summed E-state index contributed by atoms with van der Waals surface area (Å²) in [4.78, 5) is 33.6. The molecule has 35 heavy (non-hydrogen) atoms. The van der Waals surface area contributed by atoms with Crippen LogP contribution in [0, 0.1) is 0 Å². The Morgan fingerprint density at radius 1 is 1.06 bits per heavy atom. The number of pyridine rings is 1. The zero-order chi connectivity index (χ0) is 24.4. The fourth-order valence-corrected chi connectivity index (χ4v) is 4.24. The van der Waals surface area contributed by atoms with Crippen LogP contribution in [0.2, 0.25) is 0 Å². The Bertz CT molecular complexity index is 1400. The van der Waals surface area contributed by atoms with E-state index in [1.54, 1.807) is 36.3 Å². The van der Waals surface area contributed by atoms with Gasteiger partial charge in [0.2, 0.25) is 0 Å². The van der Waals surface area contributed by atoms with Crippen molar-refractivity contribution in [1.82, 2.24) is 4.98 Å². The molecule has 2 aromatic carbocycles. The van der Waals surface area contributed by atoms with E-state index < -0.39 is 5.97 Å². The monoisotopic (exact) mass is 473 g/mol. The maximum Gasteiger partial charge on any atom is 0.343 e. The number of hydrogen-bond donors (Lipinski definition) is 1. The van der Waals surface area contributed by atoms with E-state index in [9.17, 15) is 14.7 Å². The fraction of sp³-hybridized carbons (Fsp3) is 0.192. The maximum absolute atomic E-state index is 13.7. The second-order valence-electron chi connectivity index (χ2n) is 7.97. The topological polar surface area (TPSA) is 105 Å². The van der Waals surface area contributed by atoms with Crippen LogP contribution in [-0.2, 0) is 4.74 Å². The molecule has 4 aromatic rings. The number of carbonyl (C=O) groups excluding carboxylic acids is 1. The molecule has 0 spiro atoms. The number of carbonyl (C=O) groups is 2. The van der Waals surface area contributed by atoms with Crippen LogP contribution in [0.5, 0.6) is 11.7 Å². The third kappa shape index (κ3) is 4.17. The number of amides is 1. The van der Waals surface area contributed by atoms with Crippen molar-refractivity contribution in [3.05, 3.63) is 78.1 Å². The Hall–Kier alpha value is -4.37. The lowest BCUT2D eigenvalue weighted by molar-refractivity contribution is 0.0694. The van der Waals surface area contributed by atoms with Gasteiger partial charge >= 0.3 is 11.9 Å². The summed E-state index contributed by atoms with van der Waals surface area (Å²) >= 11 is 0. The number of aromatic carboxylic acids is 1. The minimum atomic E-state index is -1.19. The molecule has 9 nitrogen and oxygen atoms in total. The number of benzene rings is 2. The first-order valence-electron chi connectivity index (χ1n) is 11.1. The molecule has 1 N–H and O–H groups in total. The first kappa shape index (κ1) is 22.4. The van der Waals surface area contributed by atoms with Gasteiger partial charge in [0.25, 0.3) is 5.91 Å². The summed E-state index contributed by atoms with van der Waals surface area (Å²) in [6, 6.07) is 16.0. The molecule has 1 aliphatic rings. The summed E-state index contributed by atoms with van der Waals surface area (Å²) in [6.45, 7) is 2.38. The molecule has 0 aliphatic carbocycles. The van der Waals surface area contributed by atoms with E-state index in [-0.39, 0.29) is 28.7 Å². The molecule has 1 aliphatic heterocycles. The summed E-state index contributed by atoms with van der Waals surface area (Å²) in [5.74, 6) is -1.53. The number of carboxylic acid groups (broad SMARTS) is 1. The molecular formula is C26H23N3O6. The van der Waals surface area contributed by atoms with E-state index in [1.807, 2.05) is 24.3 Å². The van der Waals surface area contributed by atoms with E-state index in [0.717, 1.165) is 11.4 Å². The minimum Gasteiger partial charge on any atom is -0.477 e. The number of carboxylic acids is 1. The van der Waals surface area contributed by atoms with Gasteiger partial charge in [0, 0.05) is 50.6 Å². The van der Waals surface area contributed by atoms with Gasteiger partial charge in [0.15, 0.2) is 5.56 Å². The molecule has 2 aromatic heterocycles. The van der Waals surface area contributed by atoms with Crippen LogP contribution < -0.4 is 14.5 Å². The summed E-state index contributed by atoms with van der Waals surface area (Å²) in [5.41, 5.74) is 2.17. The molecule has 0 saturated carbocycles. The molecule has 178 valence electrons. The number of para-hydroxylation sites is 3. The van der Waals surface area contributed by atoms with Gasteiger partial charge in [-0.1, -0.05) is 30.3 Å². The first-order valence-corrected chi connectivity index (χ1v) is 11.1. The van der Waals surface area contributed by atoms with Gasteiger partial charge in [-0.3, -0.25) is 9.78 Å². The highest BCUT2D eigenvalue weighted by molar-refractivity contribution is 6.10. The molecule has 1 amide bonds. The van der Waals surface area contributed by atoms with Crippen molar-refractivity contribution in [1.29, 1.82) is 0 Å². The van der Waals surface area contributed by atoms with Gasteiger partial charge in [-0.25, -0.2) is 4.79 Å². The number of methoxy groups -OCH3 is 1. The van der Waals surface area contributed by atoms with Crippen LogP contribution in [0.3, 0.4) is 0 Å². The molecule has 9 heteroatoms. The van der Waals surface area contributed by atoms with E-state index in [1.165, 1.54) is 18.5 Å². The van der Waals surface area contributed by atoms with Crippen LogP contribution in [0.4, 0.5) is 11.4 Å². The third-order valence-corrected chi connectivity index (χ3v) is 5.91. The van der Waals surface area contributed by atoms with Crippen molar-refractivity contribution < 1.29 is 28.6 Å². The molecule has 0 radical (unpaired) electrons. The Kier molecular flexibility index (Phi) is 6.07. The molecule has 0 atom stereocenters. The van der Waals surface area contributed by atoms with Gasteiger partial charge in [-0.05, 0) is 18.2 Å². The number of rotatable bonds is 7. The lowest BCUT2D eigenvalue weighted by atomic mass is 10.1. The van der Waals surface area contributed by atoms with Gasteiger partial charge in [0.05, 0.1) is 18.0 Å². The number of anilines is 2. The minimum absolute atomic E-state index is 0.104. The van der Waals surface area contributed by atoms with Crippen LogP contribution in [0.15, 0.2) is 71.4 Å². The SMILES string of the molecule is COCCN1CCN(C(=O)c2cnccc2Oc2oc3ccccc3c2C(=O)O)c2ccccc21. The second-order valence-corrected chi connectivity index (χ2v) is 7.97. The van der Waals surface area contributed by atoms with Crippen molar-refractivity contribution in [2.75, 3.05) is 43.2 Å². The number of ether oxygens (including phenoxy) is 2. The summed E-state index contributed by atoms with van der Waals surface area (Å²) in [7, 11) is 1.66. The predicted octanol–water partition coefficient (Wildman–Crippen LogP) is 4.43. The number of aromatic nitrogens is 1. The maximum atomic E-state index is 13.7. The highest BCUT2D eigenvalue weighted by Crippen LogP contribution is 2.38. The van der Waals surface area contributed by atoms with Crippen molar-refractivity contribution in [3.63, 3.8) is 0 Å². The zero-order valence-corrected chi connectivity index (χ0v) is 19.0. The second kappa shape index (κ2) is 9.47. The molecule has 0 fully saturated rings. The van der Waals surface area contributed by atoms with Crippen molar-refractivity contribution in [2.45, 2.75) is 0 Å². The van der Waals surface area contributed by atoms with E-state index >= 15 is 0 Å². The molecule has 0 saturated heterocycles. The van der Waals surface area contributed by atoms with Gasteiger partial charge in [0.1, 0.15) is 16.9 Å². The largest absolute Gasteiger partial charge is 0.477 e. The standard InChI is InChI=1S/C26H23N3O6/c1-33-15-14-28-12-13-29(20-8-4-3-7-19(20)28)24(30)18-16-27-11-10-22(18)35-26-23(25(31)32)17-6-2-5-9-21(17)34-26/h2-11,16H,12-15H2,1H3,(H,31,32). The van der Waals surface area contributed by atoms with E-state index in [0.29, 0.717) is 37.2 Å². The van der Waals surface area contributed by atoms with Crippen LogP contribution in [0.1, 0.15) is 20.7 Å². The Balaban J connectivity index is 1.50. The van der Waals surface area contributed by atoms with E-state index in [4.69, 9.17) is 13.9 Å². The third-order valence-electron chi connectivity index (χ3n) is 5.91. The smallest absolute Gasteiger partial charge is 0.343 e. The average molecular weight is 473 g/mol. The number of fused-ring (bicyclic) bond motifs is 2. The van der Waals surface area contributed by atoms with Gasteiger partial charge in [-0.15, -0.1) is 0 Å². The first-order chi connectivity index (χ1) is 17.1. The van der Waals surface area contributed by atoms with Crippen LogP contribution in [0.25, 0.3) is 11.0 Å². The van der Waals surface area contributed by atoms with Crippen molar-refractivity contribution >= 4 is 34.2 Å². The average Bonchev–Trinajstić information content (AvgIpc) is 3.25. The molecule has 0 unspecified atom stereocenters. The highest BCUT2D eigenvalue weighted by Gasteiger charge is 2.30. The number of hydrogen-bond acceptors (Lipinski definition) is 7. The Morgan fingerprint density at radius 2 is 1.83 bits per heavy atom. The summed E-state index contributed by atoms with van der Waals surface area (Å²) in [6.07, 6.45) is 2.90. The van der Waals surface area contributed by atoms with Crippen molar-refractivity contribution in [2.24, 2.45) is 0 Å². The quantitative estimate of drug-likeness (QED) is 0.420. The van der Waals surface area contributed by atoms with Gasteiger partial charge in [-0.2, -0.15) is 0 Å². The highest BCUT2D eigenvalue weighted by atomic mass is 16.6. The fourth-order valence-electron chi connectivity index (χ4n) is 4.24.